The van der Waals surface area contributed by atoms with Gasteiger partial charge in [0.25, 0.3) is 5.91 Å². The fraction of sp³-hybridized carbons (Fsp3) is 0.158. The Morgan fingerprint density at radius 3 is 2.67 bits per heavy atom. The number of amides is 4. The van der Waals surface area contributed by atoms with E-state index in [1.54, 1.807) is 36.4 Å². The number of benzene rings is 2. The molecule has 0 aromatic heterocycles. The zero-order valence-electron chi connectivity index (χ0n) is 14.6. The van der Waals surface area contributed by atoms with Crippen molar-refractivity contribution in [3.63, 3.8) is 0 Å². The van der Waals surface area contributed by atoms with Crippen LogP contribution in [-0.4, -0.2) is 31.2 Å². The fourth-order valence-corrected chi connectivity index (χ4v) is 3.00. The molecule has 1 aliphatic rings. The van der Waals surface area contributed by atoms with Gasteiger partial charge in [0.2, 0.25) is 5.91 Å². The molecule has 8 heteroatoms. The van der Waals surface area contributed by atoms with E-state index in [0.717, 1.165) is 14.9 Å². The highest BCUT2D eigenvalue weighted by molar-refractivity contribution is 9.10. The number of aryl methyl sites for hydroxylation is 1. The molecule has 1 saturated heterocycles. The van der Waals surface area contributed by atoms with Crippen LogP contribution in [0, 0.1) is 12.8 Å². The van der Waals surface area contributed by atoms with Gasteiger partial charge in [0.1, 0.15) is 11.4 Å². The first-order valence-corrected chi connectivity index (χ1v) is 8.83. The number of halogens is 1. The average molecular weight is 430 g/mol. The highest BCUT2D eigenvalue weighted by Gasteiger charge is 2.40. The monoisotopic (exact) mass is 429 g/mol. The SMILES string of the molecule is COc1ccc(Br)cc1N=C[C@@H]1C(=O)NC(=O)N(c2cccc(C)c2)C1=O. The second kappa shape index (κ2) is 7.71. The summed E-state index contributed by atoms with van der Waals surface area (Å²) in [7, 11) is 1.50. The lowest BCUT2D eigenvalue weighted by Gasteiger charge is -2.28. The molecular formula is C19H16BrN3O4. The Hall–Kier alpha value is -3.00. The van der Waals surface area contributed by atoms with Crippen LogP contribution in [0.25, 0.3) is 0 Å². The minimum absolute atomic E-state index is 0.392. The summed E-state index contributed by atoms with van der Waals surface area (Å²) in [5.74, 6) is -2.12. The number of urea groups is 1. The van der Waals surface area contributed by atoms with Crippen molar-refractivity contribution in [3.05, 3.63) is 52.5 Å². The maximum atomic E-state index is 12.8. The van der Waals surface area contributed by atoms with Gasteiger partial charge in [0, 0.05) is 10.7 Å². The molecule has 2 aromatic carbocycles. The number of nitrogens with zero attached hydrogens (tertiary/aromatic N) is 2. The maximum absolute atomic E-state index is 12.8. The smallest absolute Gasteiger partial charge is 0.335 e. The molecule has 4 amide bonds. The number of imide groups is 2. The number of aliphatic imine (C=N–C) groups is 1. The lowest BCUT2D eigenvalue weighted by Crippen LogP contribution is -2.58. The standard InChI is InChI=1S/C19H16BrN3O4/c1-11-4-3-5-13(8-11)23-18(25)14(17(24)22-19(23)26)10-21-15-9-12(20)6-7-16(15)27-2/h3-10,14H,1-2H3,(H,22,24,26)/t14-/m1/s1. The van der Waals surface area contributed by atoms with Crippen molar-refractivity contribution < 1.29 is 19.1 Å². The van der Waals surface area contributed by atoms with Crippen LogP contribution in [0.1, 0.15) is 5.56 Å². The van der Waals surface area contributed by atoms with Crippen molar-refractivity contribution in [3.8, 4) is 5.75 Å². The van der Waals surface area contributed by atoms with Gasteiger partial charge in [-0.2, -0.15) is 0 Å². The Balaban J connectivity index is 1.93. The number of rotatable bonds is 4. The quantitative estimate of drug-likeness (QED) is 0.595. The predicted octanol–water partition coefficient (Wildman–Crippen LogP) is 3.37. The lowest BCUT2D eigenvalue weighted by molar-refractivity contribution is -0.131. The maximum Gasteiger partial charge on any atom is 0.335 e. The first-order valence-electron chi connectivity index (χ1n) is 8.04. The number of methoxy groups -OCH3 is 1. The van der Waals surface area contributed by atoms with E-state index in [2.05, 4.69) is 26.2 Å². The summed E-state index contributed by atoms with van der Waals surface area (Å²) >= 11 is 3.34. The second-order valence-corrected chi connectivity index (χ2v) is 6.79. The van der Waals surface area contributed by atoms with Gasteiger partial charge in [-0.1, -0.05) is 28.1 Å². The fourth-order valence-electron chi connectivity index (χ4n) is 2.65. The van der Waals surface area contributed by atoms with Gasteiger partial charge in [-0.25, -0.2) is 9.69 Å². The second-order valence-electron chi connectivity index (χ2n) is 5.88. The summed E-state index contributed by atoms with van der Waals surface area (Å²) in [6, 6.07) is 11.3. The minimum atomic E-state index is -1.23. The van der Waals surface area contributed by atoms with E-state index in [1.165, 1.54) is 13.3 Å². The molecule has 1 N–H and O–H groups in total. The zero-order valence-corrected chi connectivity index (χ0v) is 16.2. The Morgan fingerprint density at radius 1 is 1.19 bits per heavy atom. The van der Waals surface area contributed by atoms with Crippen molar-refractivity contribution >= 4 is 51.4 Å². The van der Waals surface area contributed by atoms with E-state index < -0.39 is 23.8 Å². The topological polar surface area (TPSA) is 88.1 Å². The number of nitrogens with one attached hydrogen (secondary N) is 1. The van der Waals surface area contributed by atoms with Crippen LogP contribution in [0.3, 0.4) is 0 Å². The number of carbonyl (C=O) groups excluding carboxylic acids is 3. The van der Waals surface area contributed by atoms with Gasteiger partial charge in [0.15, 0.2) is 5.92 Å². The van der Waals surface area contributed by atoms with Crippen LogP contribution in [0.2, 0.25) is 0 Å². The first-order chi connectivity index (χ1) is 12.9. The molecule has 1 aliphatic heterocycles. The van der Waals surface area contributed by atoms with E-state index in [9.17, 15) is 14.4 Å². The number of carbonyl (C=O) groups is 3. The molecule has 0 unspecified atom stereocenters. The summed E-state index contributed by atoms with van der Waals surface area (Å²) in [6.07, 6.45) is 1.22. The number of hydrogen-bond acceptors (Lipinski definition) is 5. The molecule has 0 bridgehead atoms. The van der Waals surface area contributed by atoms with Gasteiger partial charge in [-0.05, 0) is 42.8 Å². The van der Waals surface area contributed by atoms with Gasteiger partial charge in [-0.15, -0.1) is 0 Å². The first kappa shape index (κ1) is 18.8. The average Bonchev–Trinajstić information content (AvgIpc) is 2.61. The van der Waals surface area contributed by atoms with Crippen molar-refractivity contribution in [2.75, 3.05) is 12.0 Å². The molecule has 0 radical (unpaired) electrons. The summed E-state index contributed by atoms with van der Waals surface area (Å²) in [6.45, 7) is 1.85. The molecule has 1 fully saturated rings. The summed E-state index contributed by atoms with van der Waals surface area (Å²) < 4.78 is 6.00. The lowest BCUT2D eigenvalue weighted by atomic mass is 10.1. The highest BCUT2D eigenvalue weighted by atomic mass is 79.9. The third-order valence-corrected chi connectivity index (χ3v) is 4.46. The number of ether oxygens (including phenoxy) is 1. The molecule has 0 spiro atoms. The molecule has 27 heavy (non-hydrogen) atoms. The molecule has 0 saturated carbocycles. The molecular weight excluding hydrogens is 414 g/mol. The van der Waals surface area contributed by atoms with E-state index in [-0.39, 0.29) is 0 Å². The Morgan fingerprint density at radius 2 is 1.96 bits per heavy atom. The normalized spacial score (nSPS) is 17.4. The molecule has 0 aliphatic carbocycles. The van der Waals surface area contributed by atoms with Crippen LogP contribution >= 0.6 is 15.9 Å². The summed E-state index contributed by atoms with van der Waals surface area (Å²) in [5.41, 5.74) is 1.73. The van der Waals surface area contributed by atoms with Gasteiger partial charge < -0.3 is 4.74 Å². The molecule has 3 rings (SSSR count). The Kier molecular flexibility index (Phi) is 5.36. The van der Waals surface area contributed by atoms with Crippen LogP contribution in [-0.2, 0) is 9.59 Å². The van der Waals surface area contributed by atoms with Crippen molar-refractivity contribution in [2.24, 2.45) is 10.9 Å². The van der Waals surface area contributed by atoms with Crippen LogP contribution in [0.15, 0.2) is 51.9 Å². The molecule has 7 nitrogen and oxygen atoms in total. The zero-order chi connectivity index (χ0) is 19.6. The van der Waals surface area contributed by atoms with Crippen LogP contribution in [0.4, 0.5) is 16.2 Å². The molecule has 1 heterocycles. The predicted molar refractivity (Wildman–Crippen MR) is 105 cm³/mol. The number of hydrogen-bond donors (Lipinski definition) is 1. The third kappa shape index (κ3) is 3.90. The minimum Gasteiger partial charge on any atom is -0.494 e. The van der Waals surface area contributed by atoms with E-state index in [1.807, 2.05) is 13.0 Å². The van der Waals surface area contributed by atoms with Gasteiger partial charge in [-0.3, -0.25) is 19.9 Å². The van der Waals surface area contributed by atoms with Crippen LogP contribution in [0.5, 0.6) is 5.75 Å². The molecule has 1 atom stereocenters. The van der Waals surface area contributed by atoms with Crippen LogP contribution < -0.4 is 15.0 Å². The Labute approximate surface area is 164 Å². The van der Waals surface area contributed by atoms with Crippen molar-refractivity contribution in [1.82, 2.24) is 5.32 Å². The van der Waals surface area contributed by atoms with Crippen molar-refractivity contribution in [1.29, 1.82) is 0 Å². The molecule has 2 aromatic rings. The van der Waals surface area contributed by atoms with E-state index in [0.29, 0.717) is 17.1 Å². The summed E-state index contributed by atoms with van der Waals surface area (Å²) in [4.78, 5) is 42.4. The molecule has 138 valence electrons. The van der Waals surface area contributed by atoms with E-state index in [4.69, 9.17) is 4.74 Å². The highest BCUT2D eigenvalue weighted by Crippen LogP contribution is 2.31. The Bertz CT molecular complexity index is 958. The largest absolute Gasteiger partial charge is 0.494 e. The third-order valence-electron chi connectivity index (χ3n) is 3.97. The summed E-state index contributed by atoms with van der Waals surface area (Å²) in [5, 5.41) is 2.20. The van der Waals surface area contributed by atoms with Gasteiger partial charge >= 0.3 is 6.03 Å². The van der Waals surface area contributed by atoms with Gasteiger partial charge in [0.05, 0.1) is 12.8 Å². The number of anilines is 1. The van der Waals surface area contributed by atoms with Crippen molar-refractivity contribution in [2.45, 2.75) is 6.92 Å². The number of barbiturate groups is 1. The van der Waals surface area contributed by atoms with E-state index >= 15 is 0 Å².